The highest BCUT2D eigenvalue weighted by atomic mass is 79.9. The van der Waals surface area contributed by atoms with Crippen LogP contribution in [0.2, 0.25) is 0 Å². The molecule has 3 aromatic carbocycles. The maximum absolute atomic E-state index is 5.28. The second kappa shape index (κ2) is 7.09. The molecule has 0 radical (unpaired) electrons. The van der Waals surface area contributed by atoms with Gasteiger partial charge in [-0.25, -0.2) is 0 Å². The Hall–Kier alpha value is -1.63. The summed E-state index contributed by atoms with van der Waals surface area (Å²) < 4.78 is 6.44. The summed E-state index contributed by atoms with van der Waals surface area (Å²) >= 11 is 3.71. The van der Waals surface area contributed by atoms with Crippen molar-refractivity contribution in [2.45, 2.75) is 0 Å². The Morgan fingerprint density at radius 2 is 1.32 bits per heavy atom. The average Bonchev–Trinajstić information content (AvgIpc) is 2.58. The van der Waals surface area contributed by atoms with Gasteiger partial charge >= 0.3 is 0 Å². The van der Waals surface area contributed by atoms with Gasteiger partial charge in [-0.05, 0) is 42.0 Å². The summed E-state index contributed by atoms with van der Waals surface area (Å²) in [6.07, 6.45) is 0. The normalized spacial score (nSPS) is 11.9. The molecule has 0 N–H and O–H groups in total. The summed E-state index contributed by atoms with van der Waals surface area (Å²) in [6.45, 7) is 0. The van der Waals surface area contributed by atoms with Gasteiger partial charge in [-0.2, -0.15) is 0 Å². The van der Waals surface area contributed by atoms with Gasteiger partial charge in [0.15, 0.2) is 0 Å². The van der Waals surface area contributed by atoms with Crippen molar-refractivity contribution >= 4 is 39.8 Å². The van der Waals surface area contributed by atoms with Gasteiger partial charge < -0.3 is 4.74 Å². The van der Waals surface area contributed by atoms with E-state index < -0.39 is 7.92 Å². The molecule has 0 heterocycles. The van der Waals surface area contributed by atoms with E-state index in [9.17, 15) is 0 Å². The van der Waals surface area contributed by atoms with Crippen molar-refractivity contribution < 1.29 is 4.74 Å². The Morgan fingerprint density at radius 3 is 1.95 bits per heavy atom. The fourth-order valence-corrected chi connectivity index (χ4v) is 5.48. The minimum absolute atomic E-state index is 0.587. The molecule has 0 spiro atoms. The zero-order chi connectivity index (χ0) is 15.4. The third-order valence-corrected chi connectivity index (χ3v) is 6.94. The molecule has 1 unspecified atom stereocenters. The second-order valence-corrected chi connectivity index (χ2v) is 7.86. The van der Waals surface area contributed by atoms with Gasteiger partial charge in [-0.1, -0.05) is 76.6 Å². The Kier molecular flexibility index (Phi) is 4.92. The lowest BCUT2D eigenvalue weighted by atomic mass is 10.3. The van der Waals surface area contributed by atoms with E-state index in [-0.39, 0.29) is 0 Å². The minimum atomic E-state index is -0.587. The molecule has 1 nitrogen and oxygen atoms in total. The van der Waals surface area contributed by atoms with Crippen LogP contribution in [0.15, 0.2) is 83.3 Å². The lowest BCUT2D eigenvalue weighted by molar-refractivity contribution is 0.415. The molecule has 0 saturated carbocycles. The summed E-state index contributed by atoms with van der Waals surface area (Å²) in [7, 11) is 1.11. The molecule has 0 saturated heterocycles. The fraction of sp³-hybridized carbons (Fsp3) is 0.0526. The van der Waals surface area contributed by atoms with Crippen LogP contribution >= 0.6 is 23.9 Å². The predicted molar refractivity (Wildman–Crippen MR) is 99.4 cm³/mol. The monoisotopic (exact) mass is 370 g/mol. The predicted octanol–water partition coefficient (Wildman–Crippen LogP) is 4.22. The lowest BCUT2D eigenvalue weighted by Crippen LogP contribution is -2.21. The van der Waals surface area contributed by atoms with Crippen LogP contribution < -0.4 is 20.7 Å². The zero-order valence-electron chi connectivity index (χ0n) is 12.2. The zero-order valence-corrected chi connectivity index (χ0v) is 14.7. The van der Waals surface area contributed by atoms with Crippen molar-refractivity contribution in [3.63, 3.8) is 0 Å². The van der Waals surface area contributed by atoms with Gasteiger partial charge in [0.2, 0.25) is 0 Å². The van der Waals surface area contributed by atoms with Gasteiger partial charge in [0.05, 0.1) is 7.11 Å². The first-order valence-electron chi connectivity index (χ1n) is 7.03. The van der Waals surface area contributed by atoms with E-state index in [1.807, 2.05) is 12.1 Å². The van der Waals surface area contributed by atoms with E-state index in [1.165, 1.54) is 15.9 Å². The average molecular weight is 371 g/mol. The molecule has 3 rings (SSSR count). The van der Waals surface area contributed by atoms with Crippen molar-refractivity contribution in [2.75, 3.05) is 7.11 Å². The molecule has 22 heavy (non-hydrogen) atoms. The van der Waals surface area contributed by atoms with E-state index in [1.54, 1.807) is 7.11 Å². The van der Waals surface area contributed by atoms with Crippen LogP contribution in [0.5, 0.6) is 5.75 Å². The van der Waals surface area contributed by atoms with Crippen LogP contribution in [0.1, 0.15) is 0 Å². The number of methoxy groups -OCH3 is 1. The third-order valence-electron chi connectivity index (χ3n) is 3.44. The van der Waals surface area contributed by atoms with Crippen molar-refractivity contribution in [2.24, 2.45) is 0 Å². The second-order valence-electron chi connectivity index (χ2n) is 4.82. The molecule has 0 bridgehead atoms. The van der Waals surface area contributed by atoms with Crippen LogP contribution in [-0.4, -0.2) is 7.11 Å². The van der Waals surface area contributed by atoms with Crippen LogP contribution in [0.3, 0.4) is 0 Å². The fourth-order valence-electron chi connectivity index (χ4n) is 2.37. The van der Waals surface area contributed by atoms with Gasteiger partial charge in [-0.3, -0.25) is 0 Å². The van der Waals surface area contributed by atoms with Gasteiger partial charge in [-0.15, -0.1) is 0 Å². The number of rotatable bonds is 4. The highest BCUT2D eigenvalue weighted by Gasteiger charge is 2.18. The Morgan fingerprint density at radius 1 is 0.727 bits per heavy atom. The minimum Gasteiger partial charge on any atom is -0.497 e. The molecule has 1 atom stereocenters. The Balaban J connectivity index is 2.12. The molecular weight excluding hydrogens is 355 g/mol. The molecule has 3 aromatic rings. The smallest absolute Gasteiger partial charge is 0.118 e. The van der Waals surface area contributed by atoms with E-state index in [0.717, 1.165) is 10.2 Å². The summed E-state index contributed by atoms with van der Waals surface area (Å²) in [5.41, 5.74) is 0. The largest absolute Gasteiger partial charge is 0.497 e. The maximum Gasteiger partial charge on any atom is 0.118 e. The number of benzene rings is 3. The molecule has 0 aliphatic carbocycles. The van der Waals surface area contributed by atoms with Crippen LogP contribution in [-0.2, 0) is 0 Å². The molecule has 3 heteroatoms. The van der Waals surface area contributed by atoms with Crippen molar-refractivity contribution in [3.05, 3.63) is 83.3 Å². The van der Waals surface area contributed by atoms with Gasteiger partial charge in [0.25, 0.3) is 0 Å². The highest BCUT2D eigenvalue weighted by molar-refractivity contribution is 9.10. The lowest BCUT2D eigenvalue weighted by Gasteiger charge is -2.20. The van der Waals surface area contributed by atoms with E-state index in [4.69, 9.17) is 4.74 Å². The van der Waals surface area contributed by atoms with E-state index in [2.05, 4.69) is 82.7 Å². The number of hydrogen-bond donors (Lipinski definition) is 0. The van der Waals surface area contributed by atoms with E-state index in [0.29, 0.717) is 0 Å². The highest BCUT2D eigenvalue weighted by Crippen LogP contribution is 2.35. The maximum atomic E-state index is 5.28. The number of ether oxygens (including phenoxy) is 1. The molecule has 110 valence electrons. The molecular formula is C19H16BrOP. The molecule has 0 fully saturated rings. The molecule has 0 aromatic heterocycles. The topological polar surface area (TPSA) is 9.23 Å². The molecule has 0 amide bonds. The SMILES string of the molecule is COc1ccc(P(c2ccccc2)c2ccccc2Br)cc1. The van der Waals surface area contributed by atoms with E-state index >= 15 is 0 Å². The van der Waals surface area contributed by atoms with Crippen LogP contribution in [0, 0.1) is 0 Å². The van der Waals surface area contributed by atoms with Crippen LogP contribution in [0.4, 0.5) is 0 Å². The number of hydrogen-bond acceptors (Lipinski definition) is 1. The summed E-state index contributed by atoms with van der Waals surface area (Å²) in [6, 6.07) is 27.5. The molecule has 0 aliphatic heterocycles. The van der Waals surface area contributed by atoms with Crippen molar-refractivity contribution in [1.29, 1.82) is 0 Å². The summed E-state index contributed by atoms with van der Waals surface area (Å²) in [4.78, 5) is 0. The van der Waals surface area contributed by atoms with Gasteiger partial charge in [0, 0.05) is 4.47 Å². The third kappa shape index (κ3) is 3.24. The first-order valence-corrected chi connectivity index (χ1v) is 9.17. The Bertz CT molecular complexity index is 741. The van der Waals surface area contributed by atoms with Crippen molar-refractivity contribution in [1.82, 2.24) is 0 Å². The summed E-state index contributed by atoms with van der Waals surface area (Å²) in [5.74, 6) is 0.888. The molecule has 0 aliphatic rings. The Labute approximate surface area is 140 Å². The van der Waals surface area contributed by atoms with Crippen LogP contribution in [0.25, 0.3) is 0 Å². The number of halogens is 1. The quantitative estimate of drug-likeness (QED) is 0.625. The van der Waals surface area contributed by atoms with Gasteiger partial charge in [0.1, 0.15) is 5.75 Å². The van der Waals surface area contributed by atoms with Crippen molar-refractivity contribution in [3.8, 4) is 5.75 Å². The summed E-state index contributed by atoms with van der Waals surface area (Å²) in [5, 5.41) is 3.98. The first-order chi connectivity index (χ1) is 10.8. The standard InChI is InChI=1S/C19H16BrOP/c1-21-15-11-13-17(14-12-15)22(16-7-3-2-4-8-16)19-10-6-5-9-18(19)20/h2-14H,1H3. The first kappa shape index (κ1) is 15.3.